The Morgan fingerprint density at radius 1 is 0.840 bits per heavy atom. The molecule has 5 nitrogen and oxygen atoms in total. The van der Waals surface area contributed by atoms with Crippen LogP contribution in [0.15, 0.2) is 48.6 Å². The first kappa shape index (κ1) is 23.3. The first-order valence-corrected chi connectivity index (χ1v) is 8.91. The maximum atomic E-state index is 10.4. The lowest BCUT2D eigenvalue weighted by Gasteiger charge is -2.13. The zero-order valence-electron chi connectivity index (χ0n) is 15.0. The molecule has 0 aromatic rings. The van der Waals surface area contributed by atoms with Gasteiger partial charge in [-0.05, 0) is 19.3 Å². The van der Waals surface area contributed by atoms with Crippen LogP contribution in [-0.4, -0.2) is 44.7 Å². The second-order valence-electron chi connectivity index (χ2n) is 5.95. The number of carbonyl (C=O) groups is 1. The van der Waals surface area contributed by atoms with E-state index in [1.54, 1.807) is 36.5 Å². The fraction of sp³-hybridized carbons (Fsp3) is 0.550. The number of aliphatic hydroxyl groups excluding tert-OH is 3. The van der Waals surface area contributed by atoms with Gasteiger partial charge in [-0.25, -0.2) is 0 Å². The SMILES string of the molecule is CCCCC[C@@H](O)/C=C/C=C\C=CC=C[C@@H](O)[C@@H](O)CCCC(=O)O. The topological polar surface area (TPSA) is 98.0 Å². The number of carboxylic acid groups (broad SMARTS) is 1. The second kappa shape index (κ2) is 15.8. The van der Waals surface area contributed by atoms with Crippen molar-refractivity contribution in [3.05, 3.63) is 48.6 Å². The van der Waals surface area contributed by atoms with Gasteiger partial charge in [-0.1, -0.05) is 74.8 Å². The summed E-state index contributed by atoms with van der Waals surface area (Å²) in [6, 6.07) is 0. The van der Waals surface area contributed by atoms with Crippen molar-refractivity contribution < 1.29 is 25.2 Å². The summed E-state index contributed by atoms with van der Waals surface area (Å²) >= 11 is 0. The molecule has 0 fully saturated rings. The monoisotopic (exact) mass is 352 g/mol. The molecule has 142 valence electrons. The maximum absolute atomic E-state index is 10.4. The van der Waals surface area contributed by atoms with Crippen molar-refractivity contribution in [2.24, 2.45) is 0 Å². The van der Waals surface area contributed by atoms with Gasteiger partial charge in [0.05, 0.1) is 18.3 Å². The lowest BCUT2D eigenvalue weighted by Crippen LogP contribution is -2.23. The van der Waals surface area contributed by atoms with Crippen LogP contribution in [0.3, 0.4) is 0 Å². The first-order valence-electron chi connectivity index (χ1n) is 8.91. The number of aliphatic hydroxyl groups is 3. The highest BCUT2D eigenvalue weighted by Gasteiger charge is 2.12. The molecule has 0 aliphatic carbocycles. The molecule has 0 aromatic carbocycles. The van der Waals surface area contributed by atoms with E-state index in [9.17, 15) is 20.1 Å². The van der Waals surface area contributed by atoms with E-state index in [1.165, 1.54) is 6.08 Å². The Balaban J connectivity index is 3.97. The van der Waals surface area contributed by atoms with Crippen molar-refractivity contribution in [2.75, 3.05) is 0 Å². The molecule has 3 atom stereocenters. The van der Waals surface area contributed by atoms with Crippen LogP contribution in [0.1, 0.15) is 51.9 Å². The van der Waals surface area contributed by atoms with E-state index >= 15 is 0 Å². The molecule has 0 saturated carbocycles. The molecule has 0 aliphatic heterocycles. The molecule has 0 radical (unpaired) electrons. The van der Waals surface area contributed by atoms with E-state index in [1.807, 2.05) is 6.08 Å². The van der Waals surface area contributed by atoms with Crippen LogP contribution < -0.4 is 0 Å². The smallest absolute Gasteiger partial charge is 0.303 e. The fourth-order valence-electron chi connectivity index (χ4n) is 2.09. The number of unbranched alkanes of at least 4 members (excludes halogenated alkanes) is 2. The van der Waals surface area contributed by atoms with E-state index in [2.05, 4.69) is 6.92 Å². The van der Waals surface area contributed by atoms with Gasteiger partial charge in [0.25, 0.3) is 0 Å². The van der Waals surface area contributed by atoms with E-state index < -0.39 is 24.3 Å². The summed E-state index contributed by atoms with van der Waals surface area (Å²) in [5.74, 6) is -0.908. The first-order chi connectivity index (χ1) is 12.0. The molecule has 0 aliphatic rings. The van der Waals surface area contributed by atoms with Gasteiger partial charge in [-0.3, -0.25) is 4.79 Å². The van der Waals surface area contributed by atoms with Gasteiger partial charge in [-0.15, -0.1) is 0 Å². The van der Waals surface area contributed by atoms with Gasteiger partial charge < -0.3 is 20.4 Å². The van der Waals surface area contributed by atoms with Crippen molar-refractivity contribution in [1.82, 2.24) is 0 Å². The highest BCUT2D eigenvalue weighted by molar-refractivity contribution is 5.66. The largest absolute Gasteiger partial charge is 0.481 e. The zero-order valence-corrected chi connectivity index (χ0v) is 15.0. The predicted molar refractivity (Wildman–Crippen MR) is 100 cm³/mol. The van der Waals surface area contributed by atoms with Crippen LogP contribution in [0.4, 0.5) is 0 Å². The molecule has 4 N–H and O–H groups in total. The Bertz CT molecular complexity index is 451. The Kier molecular flexibility index (Phi) is 14.7. The average Bonchev–Trinajstić information content (AvgIpc) is 2.56. The molecule has 0 saturated heterocycles. The quantitative estimate of drug-likeness (QED) is 0.284. The molecular formula is C20H32O5. The summed E-state index contributed by atoms with van der Waals surface area (Å²) in [6.07, 6.45) is 16.0. The summed E-state index contributed by atoms with van der Waals surface area (Å²) < 4.78 is 0. The summed E-state index contributed by atoms with van der Waals surface area (Å²) in [5.41, 5.74) is 0. The molecule has 0 rings (SSSR count). The van der Waals surface area contributed by atoms with Crippen LogP contribution in [0.5, 0.6) is 0 Å². The third kappa shape index (κ3) is 15.6. The predicted octanol–water partition coefficient (Wildman–Crippen LogP) is 3.13. The van der Waals surface area contributed by atoms with Crippen LogP contribution in [-0.2, 0) is 4.79 Å². The minimum absolute atomic E-state index is 0.0149. The highest BCUT2D eigenvalue weighted by atomic mass is 16.4. The van der Waals surface area contributed by atoms with Gasteiger partial charge in [0.1, 0.15) is 0 Å². The Labute approximate surface area is 150 Å². The molecule has 0 bridgehead atoms. The molecule has 5 heteroatoms. The van der Waals surface area contributed by atoms with Crippen molar-refractivity contribution in [3.63, 3.8) is 0 Å². The summed E-state index contributed by atoms with van der Waals surface area (Å²) in [4.78, 5) is 10.4. The highest BCUT2D eigenvalue weighted by Crippen LogP contribution is 2.06. The molecule has 25 heavy (non-hydrogen) atoms. The molecule has 0 unspecified atom stereocenters. The van der Waals surface area contributed by atoms with Crippen LogP contribution in [0.2, 0.25) is 0 Å². The molecule has 0 aromatic heterocycles. The third-order valence-corrected chi connectivity index (χ3v) is 3.59. The fourth-order valence-corrected chi connectivity index (χ4v) is 2.09. The molecule has 0 heterocycles. The summed E-state index contributed by atoms with van der Waals surface area (Å²) in [7, 11) is 0. The van der Waals surface area contributed by atoms with Gasteiger partial charge in [0.15, 0.2) is 0 Å². The van der Waals surface area contributed by atoms with Crippen molar-refractivity contribution in [2.45, 2.75) is 70.2 Å². The van der Waals surface area contributed by atoms with Gasteiger partial charge >= 0.3 is 5.97 Å². The van der Waals surface area contributed by atoms with E-state index in [0.717, 1.165) is 25.7 Å². The molecular weight excluding hydrogens is 320 g/mol. The standard InChI is InChI=1S/C20H32O5/c1-2-3-8-12-17(21)13-9-6-4-5-7-10-14-18(22)19(23)15-11-16-20(24)25/h4-7,9-10,13-14,17-19,21-23H,2-3,8,11-12,15-16H2,1H3,(H,24,25)/b6-4-,7-5?,13-9+,14-10?/t17-,18-,19+/m1/s1. The molecule has 0 amide bonds. The van der Waals surface area contributed by atoms with Crippen molar-refractivity contribution in [3.8, 4) is 0 Å². The number of aliphatic carboxylic acids is 1. The Morgan fingerprint density at radius 3 is 2.04 bits per heavy atom. The average molecular weight is 352 g/mol. The summed E-state index contributed by atoms with van der Waals surface area (Å²) in [6.45, 7) is 2.13. The van der Waals surface area contributed by atoms with Crippen LogP contribution >= 0.6 is 0 Å². The Hall–Kier alpha value is -1.69. The van der Waals surface area contributed by atoms with E-state index in [0.29, 0.717) is 6.42 Å². The minimum Gasteiger partial charge on any atom is -0.481 e. The van der Waals surface area contributed by atoms with Gasteiger partial charge in [0.2, 0.25) is 0 Å². The van der Waals surface area contributed by atoms with Crippen molar-refractivity contribution in [1.29, 1.82) is 0 Å². The van der Waals surface area contributed by atoms with E-state index in [-0.39, 0.29) is 12.8 Å². The molecule has 0 spiro atoms. The number of carboxylic acids is 1. The zero-order chi connectivity index (χ0) is 18.9. The van der Waals surface area contributed by atoms with Crippen molar-refractivity contribution >= 4 is 5.97 Å². The van der Waals surface area contributed by atoms with E-state index in [4.69, 9.17) is 5.11 Å². The third-order valence-electron chi connectivity index (χ3n) is 3.59. The van der Waals surface area contributed by atoms with Gasteiger partial charge in [-0.2, -0.15) is 0 Å². The van der Waals surface area contributed by atoms with Crippen LogP contribution in [0.25, 0.3) is 0 Å². The number of hydrogen-bond acceptors (Lipinski definition) is 4. The number of hydrogen-bond donors (Lipinski definition) is 4. The second-order valence-corrected chi connectivity index (χ2v) is 5.95. The van der Waals surface area contributed by atoms with Crippen LogP contribution in [0, 0.1) is 0 Å². The minimum atomic E-state index is -1.01. The maximum Gasteiger partial charge on any atom is 0.303 e. The number of allylic oxidation sites excluding steroid dienone is 6. The number of rotatable bonds is 14. The lowest BCUT2D eigenvalue weighted by molar-refractivity contribution is -0.137. The lowest BCUT2D eigenvalue weighted by atomic mass is 10.1. The normalized spacial score (nSPS) is 16.3. The summed E-state index contributed by atoms with van der Waals surface area (Å²) in [5, 5.41) is 37.6. The Morgan fingerprint density at radius 2 is 1.44 bits per heavy atom. The van der Waals surface area contributed by atoms with Gasteiger partial charge in [0, 0.05) is 6.42 Å².